The second-order valence-electron chi connectivity index (χ2n) is 15.3. The second-order valence-corrected chi connectivity index (χ2v) is 15.3. The van der Waals surface area contributed by atoms with E-state index >= 15 is 0 Å². The number of rotatable bonds is 4. The van der Waals surface area contributed by atoms with Gasteiger partial charge in [0.05, 0.1) is 22.8 Å². The molecule has 4 aromatic heterocycles. The monoisotopic (exact) mass is 683 g/mol. The van der Waals surface area contributed by atoms with Gasteiger partial charge in [0.2, 0.25) is 0 Å². The molecule has 0 radical (unpaired) electrons. The molecule has 0 unspecified atom stereocenters. The molecule has 0 spiro atoms. The van der Waals surface area contributed by atoms with E-state index in [1.165, 1.54) is 67.4 Å². The average Bonchev–Trinajstić information content (AvgIpc) is 3.02. The van der Waals surface area contributed by atoms with Crippen LogP contribution < -0.4 is 0 Å². The van der Waals surface area contributed by atoms with Crippen LogP contribution in [0.2, 0.25) is 0 Å². The molecule has 0 N–H and O–H groups in total. The molecule has 4 aromatic rings. The molecule has 0 saturated carbocycles. The van der Waals surface area contributed by atoms with Crippen molar-refractivity contribution in [3.63, 3.8) is 0 Å². The van der Waals surface area contributed by atoms with Gasteiger partial charge < -0.3 is 0 Å². The topological polar surface area (TPSA) is 77.3 Å². The number of hydrogen-bond donors (Lipinski definition) is 0. The standard InChI is InChI=1S/2C12H19N.2C10H16N2/c2*1-7(2)12-10(5)8(3)9(4)11(6)13-12;1-6(2)10-9(5)11-7(3)8(4)12-10;1-6(2)10-7(3)8(4)11-9(5)12-10/h2*7H,1-6H3;2*6H,1-5H3. The third-order valence-electron chi connectivity index (χ3n) is 9.92. The van der Waals surface area contributed by atoms with E-state index in [-0.39, 0.29) is 0 Å². The van der Waals surface area contributed by atoms with Crippen LogP contribution in [-0.2, 0) is 0 Å². The van der Waals surface area contributed by atoms with Gasteiger partial charge in [-0.2, -0.15) is 0 Å². The fourth-order valence-corrected chi connectivity index (χ4v) is 5.95. The summed E-state index contributed by atoms with van der Waals surface area (Å²) in [7, 11) is 0. The summed E-state index contributed by atoms with van der Waals surface area (Å²) < 4.78 is 0. The summed E-state index contributed by atoms with van der Waals surface area (Å²) in [6.45, 7) is 46.7. The van der Waals surface area contributed by atoms with Crippen molar-refractivity contribution in [1.82, 2.24) is 29.9 Å². The molecule has 50 heavy (non-hydrogen) atoms. The predicted octanol–water partition coefficient (Wildman–Crippen LogP) is 11.9. The first-order valence-electron chi connectivity index (χ1n) is 18.5. The minimum Gasteiger partial charge on any atom is -0.257 e. The Morgan fingerprint density at radius 2 is 0.540 bits per heavy atom. The molecular formula is C44H70N6. The van der Waals surface area contributed by atoms with E-state index in [9.17, 15) is 0 Å². The molecule has 0 atom stereocenters. The first kappa shape index (κ1) is 44.5. The van der Waals surface area contributed by atoms with Gasteiger partial charge in [0.25, 0.3) is 0 Å². The highest BCUT2D eigenvalue weighted by molar-refractivity contribution is 5.39. The number of aromatic nitrogens is 6. The fourth-order valence-electron chi connectivity index (χ4n) is 5.95. The third kappa shape index (κ3) is 11.8. The fraction of sp³-hybridized carbons (Fsp3) is 0.591. The SMILES string of the molecule is Cc1nc(C(C)C)c(C)c(C)c1C.Cc1nc(C(C)C)c(C)c(C)c1C.Cc1nc(C)c(C(C)C)nc1C.Cc1nc(C)c(C)c(C(C)C)n1. The average molecular weight is 683 g/mol. The van der Waals surface area contributed by atoms with Crippen LogP contribution in [0.5, 0.6) is 0 Å². The van der Waals surface area contributed by atoms with E-state index in [2.05, 4.69) is 148 Å². The lowest BCUT2D eigenvalue weighted by Gasteiger charge is -2.15. The number of nitrogens with zero attached hydrogens (tertiary/aromatic N) is 6. The van der Waals surface area contributed by atoms with Crippen LogP contribution in [0.15, 0.2) is 0 Å². The van der Waals surface area contributed by atoms with E-state index in [1.54, 1.807) is 0 Å². The van der Waals surface area contributed by atoms with Crippen molar-refractivity contribution in [2.75, 3.05) is 0 Å². The van der Waals surface area contributed by atoms with E-state index in [4.69, 9.17) is 0 Å². The quantitative estimate of drug-likeness (QED) is 0.213. The molecule has 0 aliphatic heterocycles. The van der Waals surface area contributed by atoms with Gasteiger partial charge in [0.15, 0.2) is 0 Å². The number of aryl methyl sites for hydroxylation is 7. The van der Waals surface area contributed by atoms with Crippen LogP contribution in [0.25, 0.3) is 0 Å². The summed E-state index contributed by atoms with van der Waals surface area (Å²) in [6, 6.07) is 0. The van der Waals surface area contributed by atoms with Crippen LogP contribution in [0, 0.1) is 96.9 Å². The highest BCUT2D eigenvalue weighted by Gasteiger charge is 2.13. The van der Waals surface area contributed by atoms with E-state index < -0.39 is 0 Å². The molecule has 4 rings (SSSR count). The molecule has 0 aliphatic rings. The third-order valence-corrected chi connectivity index (χ3v) is 9.92. The van der Waals surface area contributed by atoms with Gasteiger partial charge in [0, 0.05) is 34.2 Å². The first-order chi connectivity index (χ1) is 22.9. The van der Waals surface area contributed by atoms with Crippen molar-refractivity contribution in [3.05, 3.63) is 102 Å². The molecule has 6 nitrogen and oxygen atoms in total. The van der Waals surface area contributed by atoms with Crippen molar-refractivity contribution in [3.8, 4) is 0 Å². The van der Waals surface area contributed by atoms with E-state index in [0.29, 0.717) is 23.7 Å². The molecule has 0 fully saturated rings. The molecule has 0 amide bonds. The Bertz CT molecular complexity index is 1680. The normalized spacial score (nSPS) is 10.9. The Hall–Kier alpha value is -3.54. The maximum Gasteiger partial charge on any atom is 0.125 e. The molecular weight excluding hydrogens is 613 g/mol. The lowest BCUT2D eigenvalue weighted by Crippen LogP contribution is -2.03. The van der Waals surface area contributed by atoms with Crippen LogP contribution in [0.4, 0.5) is 0 Å². The summed E-state index contributed by atoms with van der Waals surface area (Å²) in [5, 5.41) is 0. The zero-order valence-electron chi connectivity index (χ0n) is 36.0. The second kappa shape index (κ2) is 19.2. The van der Waals surface area contributed by atoms with E-state index in [0.717, 1.165) is 34.3 Å². The minimum atomic E-state index is 0.469. The summed E-state index contributed by atoms with van der Waals surface area (Å²) in [6.07, 6.45) is 0. The summed E-state index contributed by atoms with van der Waals surface area (Å²) in [5.74, 6) is 2.89. The molecule has 4 heterocycles. The lowest BCUT2D eigenvalue weighted by atomic mass is 9.97. The molecule has 276 valence electrons. The predicted molar refractivity (Wildman–Crippen MR) is 215 cm³/mol. The maximum atomic E-state index is 4.63. The zero-order chi connectivity index (χ0) is 38.9. The van der Waals surface area contributed by atoms with Gasteiger partial charge in [-0.15, -0.1) is 0 Å². The lowest BCUT2D eigenvalue weighted by molar-refractivity contribution is 0.779. The minimum absolute atomic E-state index is 0.469. The number of pyridine rings is 2. The maximum absolute atomic E-state index is 4.63. The van der Waals surface area contributed by atoms with Gasteiger partial charge in [0.1, 0.15) is 5.82 Å². The van der Waals surface area contributed by atoms with Crippen LogP contribution in [0.1, 0.15) is 181 Å². The first-order valence-corrected chi connectivity index (χ1v) is 18.5. The van der Waals surface area contributed by atoms with Gasteiger partial charge in [-0.05, 0) is 160 Å². The molecule has 0 bridgehead atoms. The van der Waals surface area contributed by atoms with Crippen molar-refractivity contribution < 1.29 is 0 Å². The Kier molecular flexibility index (Phi) is 17.1. The largest absolute Gasteiger partial charge is 0.257 e. The van der Waals surface area contributed by atoms with E-state index in [1.807, 2.05) is 34.6 Å². The van der Waals surface area contributed by atoms with Crippen LogP contribution >= 0.6 is 0 Å². The molecule has 6 heteroatoms. The van der Waals surface area contributed by atoms with Gasteiger partial charge in [-0.25, -0.2) is 9.97 Å². The van der Waals surface area contributed by atoms with Gasteiger partial charge >= 0.3 is 0 Å². The number of hydrogen-bond acceptors (Lipinski definition) is 6. The van der Waals surface area contributed by atoms with Crippen LogP contribution in [-0.4, -0.2) is 29.9 Å². The summed E-state index contributed by atoms with van der Waals surface area (Å²) >= 11 is 0. The Balaban J connectivity index is 0.000000334. The smallest absolute Gasteiger partial charge is 0.125 e. The van der Waals surface area contributed by atoms with Gasteiger partial charge in [-0.3, -0.25) is 19.9 Å². The van der Waals surface area contributed by atoms with Crippen molar-refractivity contribution >= 4 is 0 Å². The summed E-state index contributed by atoms with van der Waals surface area (Å²) in [4.78, 5) is 26.9. The van der Waals surface area contributed by atoms with Crippen molar-refractivity contribution in [2.24, 2.45) is 0 Å². The Morgan fingerprint density at radius 3 is 0.900 bits per heavy atom. The molecule has 0 aliphatic carbocycles. The van der Waals surface area contributed by atoms with Crippen molar-refractivity contribution in [2.45, 2.75) is 176 Å². The molecule has 0 saturated heterocycles. The van der Waals surface area contributed by atoms with Gasteiger partial charge in [-0.1, -0.05) is 55.4 Å². The zero-order valence-corrected chi connectivity index (χ0v) is 36.0. The highest BCUT2D eigenvalue weighted by atomic mass is 14.9. The Morgan fingerprint density at radius 1 is 0.240 bits per heavy atom. The molecule has 0 aromatic carbocycles. The van der Waals surface area contributed by atoms with Crippen LogP contribution in [0.3, 0.4) is 0 Å². The Labute approximate surface area is 306 Å². The van der Waals surface area contributed by atoms with Crippen molar-refractivity contribution in [1.29, 1.82) is 0 Å². The summed E-state index contributed by atoms with van der Waals surface area (Å²) in [5.41, 5.74) is 20.8. The highest BCUT2D eigenvalue weighted by Crippen LogP contribution is 2.25.